The number of aliphatic hydroxyl groups excluding tert-OH is 2. The van der Waals surface area contributed by atoms with E-state index < -0.39 is 24.1 Å². The molecule has 1 amide bonds. The third kappa shape index (κ3) is 4.42. The molecular formula is C24H21ClFNO4. The molecule has 160 valence electrons. The standard InChI is InChI=1S/C24H21ClFNO4/c25-20-10-9-14(11-21(20)26)23(29)22(28)12-27-24(30)31-13-19-17-7-3-1-5-15(17)16-6-2-4-8-18(16)19/h1-11,19,22-23,28-29H,12-13H2,(H,27,30). The molecule has 2 unspecified atom stereocenters. The number of carbonyl (C=O) groups is 1. The fourth-order valence-corrected chi connectivity index (χ4v) is 3.99. The summed E-state index contributed by atoms with van der Waals surface area (Å²) in [5.74, 6) is -0.777. The first kappa shape index (κ1) is 21.3. The number of carbonyl (C=O) groups excluding carboxylic acids is 1. The van der Waals surface area contributed by atoms with Crippen LogP contribution in [0.4, 0.5) is 9.18 Å². The number of fused-ring (bicyclic) bond motifs is 3. The Balaban J connectivity index is 1.34. The summed E-state index contributed by atoms with van der Waals surface area (Å²) in [6, 6.07) is 19.7. The van der Waals surface area contributed by atoms with Crippen molar-refractivity contribution in [2.24, 2.45) is 0 Å². The van der Waals surface area contributed by atoms with Gasteiger partial charge in [-0.25, -0.2) is 9.18 Å². The second kappa shape index (κ2) is 9.06. The van der Waals surface area contributed by atoms with Crippen molar-refractivity contribution in [3.63, 3.8) is 0 Å². The molecule has 5 nitrogen and oxygen atoms in total. The Hall–Kier alpha value is -2.93. The van der Waals surface area contributed by atoms with E-state index in [1.54, 1.807) is 0 Å². The first-order valence-electron chi connectivity index (χ1n) is 9.85. The normalized spacial score (nSPS) is 14.5. The van der Waals surface area contributed by atoms with Crippen LogP contribution in [0, 0.1) is 5.82 Å². The Bertz CT molecular complexity index is 1060. The highest BCUT2D eigenvalue weighted by Crippen LogP contribution is 2.44. The van der Waals surface area contributed by atoms with E-state index in [9.17, 15) is 19.4 Å². The summed E-state index contributed by atoms with van der Waals surface area (Å²) >= 11 is 5.63. The largest absolute Gasteiger partial charge is 0.449 e. The van der Waals surface area contributed by atoms with E-state index in [0.717, 1.165) is 28.3 Å². The van der Waals surface area contributed by atoms with Crippen LogP contribution in [0.25, 0.3) is 11.1 Å². The number of ether oxygens (including phenoxy) is 1. The van der Waals surface area contributed by atoms with Crippen LogP contribution in [0.5, 0.6) is 0 Å². The van der Waals surface area contributed by atoms with Gasteiger partial charge < -0.3 is 20.3 Å². The Morgan fingerprint density at radius 3 is 2.26 bits per heavy atom. The maximum absolute atomic E-state index is 13.6. The van der Waals surface area contributed by atoms with E-state index in [0.29, 0.717) is 0 Å². The number of nitrogens with one attached hydrogen (secondary N) is 1. The Kier molecular flexibility index (Phi) is 6.23. The summed E-state index contributed by atoms with van der Waals surface area (Å²) in [5, 5.41) is 22.7. The predicted octanol–water partition coefficient (Wildman–Crippen LogP) is 4.41. The molecule has 2 atom stereocenters. The number of aliphatic hydroxyl groups is 2. The monoisotopic (exact) mass is 441 g/mol. The molecule has 0 aromatic heterocycles. The second-order valence-electron chi connectivity index (χ2n) is 7.39. The minimum atomic E-state index is -1.39. The average molecular weight is 442 g/mol. The van der Waals surface area contributed by atoms with Crippen molar-refractivity contribution < 1.29 is 24.1 Å². The molecule has 0 saturated heterocycles. The Labute approximate surface area is 184 Å². The Morgan fingerprint density at radius 2 is 1.65 bits per heavy atom. The van der Waals surface area contributed by atoms with Crippen molar-refractivity contribution in [2.45, 2.75) is 18.1 Å². The molecule has 7 heteroatoms. The summed E-state index contributed by atoms with van der Waals surface area (Å²) in [6.07, 6.45) is -3.45. The van der Waals surface area contributed by atoms with Crippen molar-refractivity contribution in [1.29, 1.82) is 0 Å². The molecule has 0 fully saturated rings. The van der Waals surface area contributed by atoms with Gasteiger partial charge in [0.1, 0.15) is 24.6 Å². The van der Waals surface area contributed by atoms with Crippen LogP contribution in [0.1, 0.15) is 28.7 Å². The molecule has 0 saturated carbocycles. The maximum Gasteiger partial charge on any atom is 0.407 e. The van der Waals surface area contributed by atoms with Gasteiger partial charge >= 0.3 is 6.09 Å². The lowest BCUT2D eigenvalue weighted by Crippen LogP contribution is -2.36. The molecule has 1 aliphatic carbocycles. The van der Waals surface area contributed by atoms with Crippen LogP contribution in [0.2, 0.25) is 5.02 Å². The van der Waals surface area contributed by atoms with Crippen LogP contribution in [-0.2, 0) is 4.74 Å². The molecule has 3 aromatic carbocycles. The minimum Gasteiger partial charge on any atom is -0.449 e. The maximum atomic E-state index is 13.6. The molecule has 0 heterocycles. The van der Waals surface area contributed by atoms with Gasteiger partial charge in [0.2, 0.25) is 0 Å². The molecule has 3 N–H and O–H groups in total. The lowest BCUT2D eigenvalue weighted by molar-refractivity contribution is 0.0184. The van der Waals surface area contributed by atoms with Gasteiger partial charge in [-0.3, -0.25) is 0 Å². The number of hydrogen-bond acceptors (Lipinski definition) is 4. The molecule has 0 bridgehead atoms. The van der Waals surface area contributed by atoms with Gasteiger partial charge in [0.05, 0.1) is 5.02 Å². The van der Waals surface area contributed by atoms with Gasteiger partial charge in [0.15, 0.2) is 0 Å². The highest BCUT2D eigenvalue weighted by Gasteiger charge is 2.29. The van der Waals surface area contributed by atoms with Crippen molar-refractivity contribution in [3.05, 3.63) is 94.3 Å². The summed E-state index contributed by atoms with van der Waals surface area (Å²) in [4.78, 5) is 12.2. The average Bonchev–Trinajstić information content (AvgIpc) is 3.11. The number of hydrogen-bond donors (Lipinski definition) is 3. The lowest BCUT2D eigenvalue weighted by atomic mass is 9.98. The SMILES string of the molecule is O=C(NCC(O)C(O)c1ccc(Cl)c(F)c1)OCC1c2ccccc2-c2ccccc21. The van der Waals surface area contributed by atoms with Crippen molar-refractivity contribution in [2.75, 3.05) is 13.2 Å². The van der Waals surface area contributed by atoms with Gasteiger partial charge in [0, 0.05) is 12.5 Å². The van der Waals surface area contributed by atoms with Crippen LogP contribution in [0.15, 0.2) is 66.7 Å². The van der Waals surface area contributed by atoms with Gasteiger partial charge in [-0.05, 0) is 39.9 Å². The van der Waals surface area contributed by atoms with Crippen molar-refractivity contribution in [3.8, 4) is 11.1 Å². The summed E-state index contributed by atoms with van der Waals surface area (Å²) in [5.41, 5.74) is 4.60. The van der Waals surface area contributed by atoms with E-state index in [-0.39, 0.29) is 29.7 Å². The first-order valence-corrected chi connectivity index (χ1v) is 10.2. The first-order chi connectivity index (χ1) is 15.0. The molecule has 31 heavy (non-hydrogen) atoms. The zero-order valence-corrected chi connectivity index (χ0v) is 17.2. The number of amides is 1. The fraction of sp³-hybridized carbons (Fsp3) is 0.208. The van der Waals surface area contributed by atoms with Crippen molar-refractivity contribution in [1.82, 2.24) is 5.32 Å². The van der Waals surface area contributed by atoms with E-state index in [1.807, 2.05) is 48.5 Å². The smallest absolute Gasteiger partial charge is 0.407 e. The highest BCUT2D eigenvalue weighted by molar-refractivity contribution is 6.30. The highest BCUT2D eigenvalue weighted by atomic mass is 35.5. The summed E-state index contributed by atoms with van der Waals surface area (Å²) in [6.45, 7) is -0.122. The van der Waals surface area contributed by atoms with Crippen molar-refractivity contribution >= 4 is 17.7 Å². The number of alkyl carbamates (subject to hydrolysis) is 1. The lowest BCUT2D eigenvalue weighted by Gasteiger charge is -2.19. The molecular weight excluding hydrogens is 421 g/mol. The molecule has 0 aliphatic heterocycles. The van der Waals surface area contributed by atoms with Gasteiger partial charge in [0.25, 0.3) is 0 Å². The zero-order valence-electron chi connectivity index (χ0n) is 16.5. The van der Waals surface area contributed by atoms with E-state index in [1.165, 1.54) is 12.1 Å². The van der Waals surface area contributed by atoms with Crippen LogP contribution >= 0.6 is 11.6 Å². The van der Waals surface area contributed by atoms with E-state index in [4.69, 9.17) is 16.3 Å². The molecule has 3 aromatic rings. The second-order valence-corrected chi connectivity index (χ2v) is 7.80. The summed E-state index contributed by atoms with van der Waals surface area (Å²) in [7, 11) is 0. The van der Waals surface area contributed by atoms with Crippen LogP contribution in [0.3, 0.4) is 0 Å². The van der Waals surface area contributed by atoms with Gasteiger partial charge in [-0.15, -0.1) is 0 Å². The molecule has 0 radical (unpaired) electrons. The fourth-order valence-electron chi connectivity index (χ4n) is 3.87. The number of rotatable bonds is 6. The summed E-state index contributed by atoms with van der Waals surface area (Å²) < 4.78 is 19.0. The van der Waals surface area contributed by atoms with Crippen LogP contribution in [-0.4, -0.2) is 35.6 Å². The van der Waals surface area contributed by atoms with Gasteiger partial charge in [-0.1, -0.05) is 66.2 Å². The number of halogens is 2. The molecule has 0 spiro atoms. The van der Waals surface area contributed by atoms with E-state index >= 15 is 0 Å². The zero-order chi connectivity index (χ0) is 22.0. The third-order valence-corrected chi connectivity index (χ3v) is 5.76. The number of benzene rings is 3. The van der Waals surface area contributed by atoms with Gasteiger partial charge in [-0.2, -0.15) is 0 Å². The quantitative estimate of drug-likeness (QED) is 0.529. The van der Waals surface area contributed by atoms with E-state index in [2.05, 4.69) is 5.32 Å². The third-order valence-electron chi connectivity index (χ3n) is 5.45. The van der Waals surface area contributed by atoms with Crippen LogP contribution < -0.4 is 5.32 Å². The Morgan fingerprint density at radius 1 is 1.03 bits per heavy atom. The topological polar surface area (TPSA) is 78.8 Å². The predicted molar refractivity (Wildman–Crippen MR) is 115 cm³/mol. The minimum absolute atomic E-state index is 0.0780. The molecule has 4 rings (SSSR count). The molecule has 1 aliphatic rings.